The second-order valence-electron chi connectivity index (χ2n) is 6.21. The fourth-order valence-corrected chi connectivity index (χ4v) is 3.11. The molecule has 3 heterocycles. The standard InChI is InChI=1S/C16H26N6O4/c1-3-5-24-11-9(7-23)26-15(12(11)25-6-4-2)22-8-19-10-13(17)20-16(18)21-14(10)22/h8-9,11-12,15,23H,3-7H2,1-2H3,(H4,17,18,20,21)/t9-,11-,12-,15-/m1/s1. The predicted molar refractivity (Wildman–Crippen MR) is 95.2 cm³/mol. The summed E-state index contributed by atoms with van der Waals surface area (Å²) in [6.07, 6.45) is 1.37. The Balaban J connectivity index is 1.98. The Morgan fingerprint density at radius 2 is 1.85 bits per heavy atom. The number of nitrogens with two attached hydrogens (primary N) is 2. The van der Waals surface area contributed by atoms with Crippen molar-refractivity contribution in [1.29, 1.82) is 0 Å². The molecule has 10 heteroatoms. The molecule has 26 heavy (non-hydrogen) atoms. The highest BCUT2D eigenvalue weighted by atomic mass is 16.6. The zero-order valence-electron chi connectivity index (χ0n) is 15.0. The Labute approximate surface area is 151 Å². The number of hydrogen-bond acceptors (Lipinski definition) is 9. The summed E-state index contributed by atoms with van der Waals surface area (Å²) in [5.74, 6) is 0.256. The summed E-state index contributed by atoms with van der Waals surface area (Å²) in [6.45, 7) is 4.96. The maximum Gasteiger partial charge on any atom is 0.224 e. The van der Waals surface area contributed by atoms with Gasteiger partial charge in [-0.25, -0.2) is 4.98 Å². The van der Waals surface area contributed by atoms with E-state index < -0.39 is 24.5 Å². The van der Waals surface area contributed by atoms with E-state index in [1.807, 2.05) is 13.8 Å². The van der Waals surface area contributed by atoms with Gasteiger partial charge < -0.3 is 30.8 Å². The molecule has 2 aromatic heterocycles. The fraction of sp³-hybridized carbons (Fsp3) is 0.688. The number of fused-ring (bicyclic) bond motifs is 1. The molecule has 0 unspecified atom stereocenters. The minimum atomic E-state index is -0.570. The molecule has 0 aromatic carbocycles. The maximum atomic E-state index is 9.74. The van der Waals surface area contributed by atoms with Crippen molar-refractivity contribution in [2.75, 3.05) is 31.3 Å². The molecule has 0 bridgehead atoms. The van der Waals surface area contributed by atoms with Crippen molar-refractivity contribution >= 4 is 22.9 Å². The molecular weight excluding hydrogens is 340 g/mol. The van der Waals surface area contributed by atoms with Gasteiger partial charge in [0, 0.05) is 13.2 Å². The number of rotatable bonds is 8. The summed E-state index contributed by atoms with van der Waals surface area (Å²) in [7, 11) is 0. The third-order valence-corrected chi connectivity index (χ3v) is 4.23. The van der Waals surface area contributed by atoms with Crippen LogP contribution in [0.2, 0.25) is 0 Å². The third kappa shape index (κ3) is 3.45. The number of ether oxygens (including phenoxy) is 3. The van der Waals surface area contributed by atoms with E-state index in [0.717, 1.165) is 12.8 Å². The topological polar surface area (TPSA) is 144 Å². The zero-order valence-corrected chi connectivity index (χ0v) is 15.0. The lowest BCUT2D eigenvalue weighted by Gasteiger charge is -2.24. The molecule has 0 spiro atoms. The summed E-state index contributed by atoms with van der Waals surface area (Å²) in [5.41, 5.74) is 12.5. The first-order valence-corrected chi connectivity index (χ1v) is 8.85. The number of aromatic nitrogens is 4. The lowest BCUT2D eigenvalue weighted by molar-refractivity contribution is -0.0785. The average Bonchev–Trinajstić information content (AvgIpc) is 3.18. The Morgan fingerprint density at radius 3 is 2.50 bits per heavy atom. The molecule has 0 saturated carbocycles. The van der Waals surface area contributed by atoms with E-state index in [1.54, 1.807) is 10.9 Å². The van der Waals surface area contributed by atoms with Crippen molar-refractivity contribution in [3.05, 3.63) is 6.33 Å². The molecule has 3 rings (SSSR count). The van der Waals surface area contributed by atoms with E-state index in [1.165, 1.54) is 0 Å². The van der Waals surface area contributed by atoms with Crippen molar-refractivity contribution in [2.45, 2.75) is 51.2 Å². The van der Waals surface area contributed by atoms with Gasteiger partial charge in [0.2, 0.25) is 5.95 Å². The molecule has 0 amide bonds. The minimum Gasteiger partial charge on any atom is -0.394 e. The van der Waals surface area contributed by atoms with E-state index >= 15 is 0 Å². The molecule has 5 N–H and O–H groups in total. The van der Waals surface area contributed by atoms with Gasteiger partial charge in [0.25, 0.3) is 0 Å². The predicted octanol–water partition coefficient (Wildman–Crippen LogP) is 0.471. The zero-order chi connectivity index (χ0) is 18.7. The average molecular weight is 366 g/mol. The van der Waals surface area contributed by atoms with Crippen LogP contribution >= 0.6 is 0 Å². The highest BCUT2D eigenvalue weighted by Crippen LogP contribution is 2.36. The molecule has 0 radical (unpaired) electrons. The number of aliphatic hydroxyl groups excluding tert-OH is 1. The van der Waals surface area contributed by atoms with Crippen LogP contribution < -0.4 is 11.5 Å². The van der Waals surface area contributed by atoms with Crippen LogP contribution in [0, 0.1) is 0 Å². The highest BCUT2D eigenvalue weighted by Gasteiger charge is 2.47. The summed E-state index contributed by atoms with van der Waals surface area (Å²) >= 11 is 0. The summed E-state index contributed by atoms with van der Waals surface area (Å²) < 4.78 is 19.7. The Bertz CT molecular complexity index is 739. The molecule has 1 aliphatic heterocycles. The first kappa shape index (κ1) is 18.8. The first-order chi connectivity index (χ1) is 12.6. The number of nitrogens with zero attached hydrogens (tertiary/aromatic N) is 4. The van der Waals surface area contributed by atoms with Crippen molar-refractivity contribution in [3.63, 3.8) is 0 Å². The molecule has 0 aliphatic carbocycles. The van der Waals surface area contributed by atoms with Crippen LogP contribution in [-0.4, -0.2) is 62.8 Å². The van der Waals surface area contributed by atoms with Crippen molar-refractivity contribution in [3.8, 4) is 0 Å². The van der Waals surface area contributed by atoms with E-state index in [9.17, 15) is 5.11 Å². The van der Waals surface area contributed by atoms with Crippen LogP contribution in [0.25, 0.3) is 11.2 Å². The van der Waals surface area contributed by atoms with Gasteiger partial charge in [-0.15, -0.1) is 0 Å². The Hall–Kier alpha value is -2.01. The van der Waals surface area contributed by atoms with E-state index in [-0.39, 0.29) is 18.4 Å². The largest absolute Gasteiger partial charge is 0.394 e. The highest BCUT2D eigenvalue weighted by molar-refractivity contribution is 5.82. The van der Waals surface area contributed by atoms with Gasteiger partial charge in [-0.3, -0.25) is 4.57 Å². The van der Waals surface area contributed by atoms with Crippen molar-refractivity contribution in [1.82, 2.24) is 19.5 Å². The van der Waals surface area contributed by atoms with Gasteiger partial charge in [-0.2, -0.15) is 9.97 Å². The van der Waals surface area contributed by atoms with Crippen LogP contribution in [0.3, 0.4) is 0 Å². The number of aliphatic hydroxyl groups is 1. The smallest absolute Gasteiger partial charge is 0.224 e. The van der Waals surface area contributed by atoms with Crippen molar-refractivity contribution in [2.24, 2.45) is 0 Å². The number of anilines is 2. The number of hydrogen-bond donors (Lipinski definition) is 3. The molecule has 4 atom stereocenters. The summed E-state index contributed by atoms with van der Waals surface area (Å²) in [5, 5.41) is 9.74. The summed E-state index contributed by atoms with van der Waals surface area (Å²) in [6, 6.07) is 0. The fourth-order valence-electron chi connectivity index (χ4n) is 3.11. The SMILES string of the molecule is CCCO[C@@H]1[C@H](OCCC)[C@@H](CO)O[C@H]1n1cnc2c(N)nc(N)nc21. The number of imidazole rings is 1. The molecular formula is C16H26N6O4. The Kier molecular flexibility index (Phi) is 5.87. The second-order valence-corrected chi connectivity index (χ2v) is 6.21. The van der Waals surface area contributed by atoms with Gasteiger partial charge in [0.15, 0.2) is 17.7 Å². The van der Waals surface area contributed by atoms with E-state index in [2.05, 4.69) is 15.0 Å². The molecule has 10 nitrogen and oxygen atoms in total. The van der Waals surface area contributed by atoms with Crippen LogP contribution in [0.15, 0.2) is 6.33 Å². The quantitative estimate of drug-likeness (QED) is 0.607. The molecule has 1 aliphatic rings. The molecule has 1 fully saturated rings. The van der Waals surface area contributed by atoms with E-state index in [4.69, 9.17) is 25.7 Å². The van der Waals surface area contributed by atoms with Gasteiger partial charge >= 0.3 is 0 Å². The maximum absolute atomic E-state index is 9.74. The first-order valence-electron chi connectivity index (χ1n) is 8.85. The Morgan fingerprint density at radius 1 is 1.15 bits per heavy atom. The molecule has 2 aromatic rings. The lowest BCUT2D eigenvalue weighted by Crippen LogP contribution is -2.38. The van der Waals surface area contributed by atoms with Gasteiger partial charge in [0.1, 0.15) is 23.8 Å². The van der Waals surface area contributed by atoms with Crippen molar-refractivity contribution < 1.29 is 19.3 Å². The second kappa shape index (κ2) is 8.12. The molecule has 144 valence electrons. The minimum absolute atomic E-state index is 0.0539. The van der Waals surface area contributed by atoms with Gasteiger partial charge in [-0.1, -0.05) is 13.8 Å². The van der Waals surface area contributed by atoms with Crippen LogP contribution in [-0.2, 0) is 14.2 Å². The summed E-state index contributed by atoms with van der Waals surface area (Å²) in [4.78, 5) is 12.4. The van der Waals surface area contributed by atoms with Crippen LogP contribution in [0.5, 0.6) is 0 Å². The number of nitrogen functional groups attached to an aromatic ring is 2. The van der Waals surface area contributed by atoms with Crippen LogP contribution in [0.4, 0.5) is 11.8 Å². The van der Waals surface area contributed by atoms with Gasteiger partial charge in [-0.05, 0) is 12.8 Å². The lowest BCUT2D eigenvalue weighted by atomic mass is 10.1. The normalized spacial score (nSPS) is 26.0. The third-order valence-electron chi connectivity index (χ3n) is 4.23. The monoisotopic (exact) mass is 366 g/mol. The van der Waals surface area contributed by atoms with E-state index in [0.29, 0.717) is 24.4 Å². The van der Waals surface area contributed by atoms with Crippen LogP contribution in [0.1, 0.15) is 32.9 Å². The molecule has 1 saturated heterocycles. The van der Waals surface area contributed by atoms with Gasteiger partial charge in [0.05, 0.1) is 12.9 Å².